The molecule has 0 aliphatic heterocycles. The van der Waals surface area contributed by atoms with E-state index in [4.69, 9.17) is 0 Å². The summed E-state index contributed by atoms with van der Waals surface area (Å²) in [4.78, 5) is 11.5. The van der Waals surface area contributed by atoms with Gasteiger partial charge in [-0.3, -0.25) is 9.89 Å². The zero-order valence-corrected chi connectivity index (χ0v) is 8.12. The number of nitrogens with one attached hydrogen (secondary N) is 2. The van der Waals surface area contributed by atoms with Crippen LogP contribution in [-0.2, 0) is 11.2 Å². The van der Waals surface area contributed by atoms with E-state index >= 15 is 0 Å². The van der Waals surface area contributed by atoms with Crippen molar-refractivity contribution in [3.05, 3.63) is 18.0 Å². The molecule has 1 aliphatic rings. The number of rotatable bonds is 3. The van der Waals surface area contributed by atoms with E-state index in [9.17, 15) is 4.79 Å². The second-order valence-electron chi connectivity index (χ2n) is 3.81. The van der Waals surface area contributed by atoms with Gasteiger partial charge in [0, 0.05) is 17.9 Å². The van der Waals surface area contributed by atoms with Crippen LogP contribution in [0.1, 0.15) is 31.4 Å². The van der Waals surface area contributed by atoms with E-state index in [1.807, 2.05) is 6.07 Å². The summed E-state index contributed by atoms with van der Waals surface area (Å²) in [6, 6.07) is 2.24. The topological polar surface area (TPSA) is 57.8 Å². The molecular formula is C10H15N3O. The van der Waals surface area contributed by atoms with Crippen LogP contribution in [0.2, 0.25) is 0 Å². The molecule has 1 aromatic heterocycles. The number of carbonyl (C=O) groups excluding carboxylic acids is 1. The van der Waals surface area contributed by atoms with Gasteiger partial charge in [0.25, 0.3) is 0 Å². The smallest absolute Gasteiger partial charge is 0.226 e. The summed E-state index contributed by atoms with van der Waals surface area (Å²) in [5.41, 5.74) is 0.875. The van der Waals surface area contributed by atoms with Crippen LogP contribution in [0.25, 0.3) is 0 Å². The minimum atomic E-state index is 0.0983. The summed E-state index contributed by atoms with van der Waals surface area (Å²) >= 11 is 0. The average Bonchev–Trinajstić information content (AvgIpc) is 2.76. The summed E-state index contributed by atoms with van der Waals surface area (Å²) in [5.74, 6) is 0.0983. The molecule has 0 aromatic carbocycles. The Bertz CT molecular complexity index is 288. The van der Waals surface area contributed by atoms with E-state index in [1.54, 1.807) is 6.20 Å². The zero-order chi connectivity index (χ0) is 9.80. The molecule has 4 nitrogen and oxygen atoms in total. The van der Waals surface area contributed by atoms with Gasteiger partial charge in [-0.1, -0.05) is 12.8 Å². The third kappa shape index (κ3) is 2.34. The highest BCUT2D eigenvalue weighted by Gasteiger charge is 2.17. The molecule has 0 atom stereocenters. The molecule has 76 valence electrons. The summed E-state index contributed by atoms with van der Waals surface area (Å²) < 4.78 is 0. The van der Waals surface area contributed by atoms with Crippen LogP contribution < -0.4 is 5.32 Å². The van der Waals surface area contributed by atoms with E-state index in [0.717, 1.165) is 18.5 Å². The number of hydrogen-bond acceptors (Lipinski definition) is 2. The van der Waals surface area contributed by atoms with Crippen LogP contribution in [0.15, 0.2) is 12.3 Å². The van der Waals surface area contributed by atoms with E-state index < -0.39 is 0 Å². The molecule has 2 N–H and O–H groups in total. The van der Waals surface area contributed by atoms with Gasteiger partial charge in [0.05, 0.1) is 6.42 Å². The van der Waals surface area contributed by atoms with Gasteiger partial charge in [-0.2, -0.15) is 5.10 Å². The number of aromatic amines is 1. The van der Waals surface area contributed by atoms with Crippen LogP contribution in [0.4, 0.5) is 0 Å². The normalized spacial score (nSPS) is 17.1. The minimum Gasteiger partial charge on any atom is -0.353 e. The highest BCUT2D eigenvalue weighted by atomic mass is 16.1. The van der Waals surface area contributed by atoms with Gasteiger partial charge < -0.3 is 5.32 Å². The predicted octanol–water partition coefficient (Wildman–Crippen LogP) is 1.01. The predicted molar refractivity (Wildman–Crippen MR) is 52.7 cm³/mol. The van der Waals surface area contributed by atoms with Crippen LogP contribution >= 0.6 is 0 Å². The van der Waals surface area contributed by atoms with Crippen molar-refractivity contribution in [1.29, 1.82) is 0 Å². The molecule has 0 radical (unpaired) electrons. The number of nitrogens with zero attached hydrogens (tertiary/aromatic N) is 1. The SMILES string of the molecule is O=C(Cc1ccn[nH]1)NC1CCCC1. The molecule has 1 aliphatic carbocycles. The fourth-order valence-electron chi connectivity index (χ4n) is 1.90. The Labute approximate surface area is 83.1 Å². The van der Waals surface area contributed by atoms with Gasteiger partial charge in [-0.05, 0) is 18.9 Å². The quantitative estimate of drug-likeness (QED) is 0.752. The van der Waals surface area contributed by atoms with Crippen molar-refractivity contribution in [3.63, 3.8) is 0 Å². The second-order valence-corrected chi connectivity index (χ2v) is 3.81. The maximum absolute atomic E-state index is 11.5. The molecule has 1 amide bonds. The third-order valence-electron chi connectivity index (χ3n) is 2.63. The highest BCUT2D eigenvalue weighted by molar-refractivity contribution is 5.78. The second kappa shape index (κ2) is 4.26. The van der Waals surface area contributed by atoms with Gasteiger partial charge in [0.15, 0.2) is 0 Å². The van der Waals surface area contributed by atoms with Crippen molar-refractivity contribution in [2.24, 2.45) is 0 Å². The van der Waals surface area contributed by atoms with E-state index in [2.05, 4.69) is 15.5 Å². The third-order valence-corrected chi connectivity index (χ3v) is 2.63. The van der Waals surface area contributed by atoms with E-state index in [0.29, 0.717) is 12.5 Å². The molecule has 4 heteroatoms. The number of hydrogen-bond donors (Lipinski definition) is 2. The molecular weight excluding hydrogens is 178 g/mol. The molecule has 1 fully saturated rings. The molecule has 0 bridgehead atoms. The maximum Gasteiger partial charge on any atom is 0.226 e. The Morgan fingerprint density at radius 1 is 1.57 bits per heavy atom. The molecule has 1 aromatic rings. The molecule has 1 heterocycles. The lowest BCUT2D eigenvalue weighted by molar-refractivity contribution is -0.121. The van der Waals surface area contributed by atoms with Gasteiger partial charge >= 0.3 is 0 Å². The van der Waals surface area contributed by atoms with Crippen molar-refractivity contribution in [1.82, 2.24) is 15.5 Å². The number of amides is 1. The highest BCUT2D eigenvalue weighted by Crippen LogP contribution is 2.17. The first kappa shape index (κ1) is 9.24. The van der Waals surface area contributed by atoms with Crippen LogP contribution in [0.3, 0.4) is 0 Å². The molecule has 2 rings (SSSR count). The lowest BCUT2D eigenvalue weighted by Gasteiger charge is -2.10. The summed E-state index contributed by atoms with van der Waals surface area (Å²) in [5, 5.41) is 9.61. The van der Waals surface area contributed by atoms with Crippen molar-refractivity contribution in [3.8, 4) is 0 Å². The largest absolute Gasteiger partial charge is 0.353 e. The first-order chi connectivity index (χ1) is 6.84. The summed E-state index contributed by atoms with van der Waals surface area (Å²) in [6.07, 6.45) is 6.84. The van der Waals surface area contributed by atoms with Crippen molar-refractivity contribution < 1.29 is 4.79 Å². The molecule has 0 saturated heterocycles. The van der Waals surface area contributed by atoms with Crippen LogP contribution in [-0.4, -0.2) is 22.1 Å². The summed E-state index contributed by atoms with van der Waals surface area (Å²) in [6.45, 7) is 0. The lowest BCUT2D eigenvalue weighted by atomic mass is 10.2. The maximum atomic E-state index is 11.5. The Morgan fingerprint density at radius 2 is 2.36 bits per heavy atom. The molecule has 0 unspecified atom stereocenters. The van der Waals surface area contributed by atoms with Gasteiger partial charge in [-0.25, -0.2) is 0 Å². The van der Waals surface area contributed by atoms with Gasteiger partial charge in [-0.15, -0.1) is 0 Å². The Balaban J connectivity index is 1.78. The summed E-state index contributed by atoms with van der Waals surface area (Å²) in [7, 11) is 0. The van der Waals surface area contributed by atoms with Gasteiger partial charge in [0.2, 0.25) is 5.91 Å². The average molecular weight is 193 g/mol. The lowest BCUT2D eigenvalue weighted by Crippen LogP contribution is -2.33. The van der Waals surface area contributed by atoms with Crippen LogP contribution in [0, 0.1) is 0 Å². The van der Waals surface area contributed by atoms with Crippen molar-refractivity contribution in [2.75, 3.05) is 0 Å². The Morgan fingerprint density at radius 3 is 3.00 bits per heavy atom. The number of carbonyl (C=O) groups is 1. The van der Waals surface area contributed by atoms with E-state index in [-0.39, 0.29) is 5.91 Å². The first-order valence-electron chi connectivity index (χ1n) is 5.12. The number of aromatic nitrogens is 2. The first-order valence-corrected chi connectivity index (χ1v) is 5.12. The molecule has 14 heavy (non-hydrogen) atoms. The Kier molecular flexibility index (Phi) is 2.81. The zero-order valence-electron chi connectivity index (χ0n) is 8.12. The Hall–Kier alpha value is -1.32. The molecule has 0 spiro atoms. The van der Waals surface area contributed by atoms with E-state index in [1.165, 1.54) is 12.8 Å². The number of H-pyrrole nitrogens is 1. The van der Waals surface area contributed by atoms with Crippen LogP contribution in [0.5, 0.6) is 0 Å². The van der Waals surface area contributed by atoms with Crippen molar-refractivity contribution >= 4 is 5.91 Å². The molecule has 1 saturated carbocycles. The minimum absolute atomic E-state index is 0.0983. The van der Waals surface area contributed by atoms with Gasteiger partial charge in [0.1, 0.15) is 0 Å². The fraction of sp³-hybridized carbons (Fsp3) is 0.600. The fourth-order valence-corrected chi connectivity index (χ4v) is 1.90. The standard InChI is InChI=1S/C10H15N3O/c14-10(7-9-5-6-11-13-9)12-8-3-1-2-4-8/h5-6,8H,1-4,7H2,(H,11,13)(H,12,14). The monoisotopic (exact) mass is 193 g/mol. The van der Waals surface area contributed by atoms with Crippen molar-refractivity contribution in [2.45, 2.75) is 38.1 Å².